The van der Waals surface area contributed by atoms with Crippen molar-refractivity contribution in [1.29, 1.82) is 0 Å². The van der Waals surface area contributed by atoms with Crippen LogP contribution in [0.1, 0.15) is 31.4 Å². The third kappa shape index (κ3) is 3.18. The molecule has 5 rings (SSSR count). The van der Waals surface area contributed by atoms with Crippen molar-refractivity contribution in [3.05, 3.63) is 71.8 Å². The van der Waals surface area contributed by atoms with Gasteiger partial charge in [0.1, 0.15) is 5.78 Å². The molecule has 1 heterocycles. The minimum absolute atomic E-state index is 0.0119. The van der Waals surface area contributed by atoms with Crippen LogP contribution in [0.3, 0.4) is 0 Å². The highest BCUT2D eigenvalue weighted by molar-refractivity contribution is 5.94. The van der Waals surface area contributed by atoms with Gasteiger partial charge in [0.25, 0.3) is 0 Å². The molecule has 2 aromatic rings. The molecule has 0 radical (unpaired) electrons. The second-order valence-corrected chi connectivity index (χ2v) is 9.73. The number of hydrogen-bond acceptors (Lipinski definition) is 5. The average Bonchev–Trinajstić information content (AvgIpc) is 3.42. The largest absolute Gasteiger partial charge is 0.388 e. The van der Waals surface area contributed by atoms with Gasteiger partial charge >= 0.3 is 0 Å². The van der Waals surface area contributed by atoms with Crippen LogP contribution in [-0.4, -0.2) is 41.9 Å². The topological polar surface area (TPSA) is 68.3 Å². The molecule has 1 saturated heterocycles. The van der Waals surface area contributed by atoms with Gasteiger partial charge in [0.2, 0.25) is 0 Å². The molecule has 5 nitrogen and oxygen atoms in total. The summed E-state index contributed by atoms with van der Waals surface area (Å²) >= 11 is 0. The van der Waals surface area contributed by atoms with Crippen molar-refractivity contribution < 1.29 is 24.1 Å². The highest BCUT2D eigenvalue weighted by Gasteiger charge is 2.81. The highest BCUT2D eigenvalue weighted by Crippen LogP contribution is 2.68. The van der Waals surface area contributed by atoms with Gasteiger partial charge in [0.15, 0.2) is 0 Å². The number of epoxide rings is 1. The summed E-state index contributed by atoms with van der Waals surface area (Å²) in [5.74, 6) is -0.466. The number of carbonyl (C=O) groups is 1. The fourth-order valence-electron chi connectivity index (χ4n) is 5.76. The Bertz CT molecular complexity index is 947. The summed E-state index contributed by atoms with van der Waals surface area (Å²) in [7, 11) is 0. The van der Waals surface area contributed by atoms with Crippen molar-refractivity contribution in [1.82, 2.24) is 0 Å². The monoisotopic (exact) mass is 422 g/mol. The van der Waals surface area contributed by atoms with Crippen LogP contribution >= 0.6 is 0 Å². The minimum atomic E-state index is -1.14. The number of hydrogen-bond donors (Lipinski definition) is 1. The molecule has 2 aliphatic carbocycles. The molecule has 164 valence electrons. The summed E-state index contributed by atoms with van der Waals surface area (Å²) in [6.45, 7) is 5.31. The molecule has 0 spiro atoms. The number of rotatable bonds is 8. The van der Waals surface area contributed by atoms with E-state index in [0.717, 1.165) is 11.1 Å². The van der Waals surface area contributed by atoms with E-state index in [4.69, 9.17) is 14.2 Å². The molecule has 3 aliphatic rings. The number of ether oxygens (including phenoxy) is 3. The van der Waals surface area contributed by atoms with E-state index in [9.17, 15) is 9.90 Å². The number of fused-ring (bicyclic) bond motifs is 3. The molecule has 5 heteroatoms. The van der Waals surface area contributed by atoms with Gasteiger partial charge in [-0.2, -0.15) is 0 Å². The van der Waals surface area contributed by atoms with E-state index in [1.54, 1.807) is 0 Å². The van der Waals surface area contributed by atoms with Crippen LogP contribution in [0.25, 0.3) is 0 Å². The van der Waals surface area contributed by atoms with Crippen LogP contribution in [0, 0.1) is 16.7 Å². The van der Waals surface area contributed by atoms with Crippen molar-refractivity contribution in [2.75, 3.05) is 13.2 Å². The van der Waals surface area contributed by atoms with Crippen molar-refractivity contribution in [2.45, 2.75) is 51.3 Å². The molecule has 2 saturated carbocycles. The average molecular weight is 423 g/mol. The summed E-state index contributed by atoms with van der Waals surface area (Å²) in [6.07, 6.45) is 0.303. The fraction of sp³-hybridized carbons (Fsp3) is 0.500. The van der Waals surface area contributed by atoms with Crippen LogP contribution < -0.4 is 0 Å². The van der Waals surface area contributed by atoms with Crippen molar-refractivity contribution in [2.24, 2.45) is 16.7 Å². The number of ketones is 1. The van der Waals surface area contributed by atoms with E-state index >= 15 is 0 Å². The summed E-state index contributed by atoms with van der Waals surface area (Å²) in [5, 5.41) is 11.8. The molecule has 0 aromatic heterocycles. The summed E-state index contributed by atoms with van der Waals surface area (Å²) in [6, 6.07) is 19.9. The number of Topliss-reactive ketones (excluding diaryl/α,β-unsaturated/α-hetero) is 1. The maximum atomic E-state index is 13.7. The molecule has 0 amide bonds. The zero-order valence-corrected chi connectivity index (χ0v) is 18.1. The molecular weight excluding hydrogens is 392 g/mol. The van der Waals surface area contributed by atoms with Gasteiger partial charge < -0.3 is 19.3 Å². The van der Waals surface area contributed by atoms with E-state index in [1.807, 2.05) is 74.5 Å². The summed E-state index contributed by atoms with van der Waals surface area (Å²) < 4.78 is 17.9. The van der Waals surface area contributed by atoms with Crippen LogP contribution in [0.2, 0.25) is 0 Å². The van der Waals surface area contributed by atoms with Gasteiger partial charge in [-0.05, 0) is 18.1 Å². The molecule has 0 bridgehead atoms. The molecule has 31 heavy (non-hydrogen) atoms. The lowest BCUT2D eigenvalue weighted by Gasteiger charge is -2.47. The van der Waals surface area contributed by atoms with E-state index in [-0.39, 0.29) is 31.2 Å². The zero-order valence-electron chi connectivity index (χ0n) is 18.1. The first-order chi connectivity index (χ1) is 14.9. The smallest absolute Gasteiger partial charge is 0.150 e. The van der Waals surface area contributed by atoms with E-state index in [2.05, 4.69) is 0 Å². The Morgan fingerprint density at radius 2 is 1.48 bits per heavy atom. The SMILES string of the molecule is C[C@]1(COCc2ccccc2)[C@@]2(O)C[C@@H]3O[C@@H]3[C@H]2C(=O)[C@@]1(C)COCc1ccccc1. The summed E-state index contributed by atoms with van der Waals surface area (Å²) in [5.41, 5.74) is -0.653. The molecule has 6 atom stereocenters. The Balaban J connectivity index is 1.36. The molecule has 0 unspecified atom stereocenters. The lowest BCUT2D eigenvalue weighted by molar-refractivity contribution is -0.168. The first-order valence-corrected chi connectivity index (χ1v) is 11.0. The maximum absolute atomic E-state index is 13.7. The van der Waals surface area contributed by atoms with Gasteiger partial charge in [-0.3, -0.25) is 4.79 Å². The first kappa shape index (κ1) is 20.8. The standard InChI is InChI=1S/C26H30O5/c1-24(16-29-14-18-9-5-3-6-10-18)23(27)21-22-20(31-22)13-26(21,28)25(24,2)17-30-15-19-11-7-4-8-12-19/h3-12,20-22,28H,13-17H2,1-2H3/t20-,21-,22-,24+,25+,26+/m0/s1. The lowest BCUT2D eigenvalue weighted by Crippen LogP contribution is -2.55. The van der Waals surface area contributed by atoms with Crippen molar-refractivity contribution in [3.8, 4) is 0 Å². The quantitative estimate of drug-likeness (QED) is 0.659. The van der Waals surface area contributed by atoms with Gasteiger partial charge in [0, 0.05) is 11.8 Å². The highest BCUT2D eigenvalue weighted by atomic mass is 16.6. The van der Waals surface area contributed by atoms with Gasteiger partial charge in [-0.25, -0.2) is 0 Å². The molecule has 3 fully saturated rings. The lowest BCUT2D eigenvalue weighted by atomic mass is 9.62. The van der Waals surface area contributed by atoms with Gasteiger partial charge in [-0.15, -0.1) is 0 Å². The predicted molar refractivity (Wildman–Crippen MR) is 115 cm³/mol. The van der Waals surface area contributed by atoms with Crippen molar-refractivity contribution in [3.63, 3.8) is 0 Å². The molecule has 1 N–H and O–H groups in total. The van der Waals surface area contributed by atoms with E-state index in [0.29, 0.717) is 19.6 Å². The minimum Gasteiger partial charge on any atom is -0.388 e. The van der Waals surface area contributed by atoms with E-state index in [1.165, 1.54) is 0 Å². The molecule has 2 aromatic carbocycles. The number of benzene rings is 2. The Labute approximate surface area is 183 Å². The maximum Gasteiger partial charge on any atom is 0.150 e. The Morgan fingerprint density at radius 1 is 0.935 bits per heavy atom. The third-order valence-electron chi connectivity index (χ3n) is 7.98. The second-order valence-electron chi connectivity index (χ2n) is 9.73. The Hall–Kier alpha value is -2.05. The second kappa shape index (κ2) is 7.52. The van der Waals surface area contributed by atoms with E-state index < -0.39 is 22.3 Å². The van der Waals surface area contributed by atoms with Gasteiger partial charge in [-0.1, -0.05) is 67.6 Å². The zero-order chi connectivity index (χ0) is 21.7. The molecular formula is C26H30O5. The number of carbonyl (C=O) groups excluding carboxylic acids is 1. The van der Waals surface area contributed by atoms with Crippen molar-refractivity contribution >= 4 is 5.78 Å². The summed E-state index contributed by atoms with van der Waals surface area (Å²) in [4.78, 5) is 13.7. The first-order valence-electron chi connectivity index (χ1n) is 11.0. The fourth-order valence-corrected chi connectivity index (χ4v) is 5.76. The van der Waals surface area contributed by atoms with Crippen LogP contribution in [0.5, 0.6) is 0 Å². The Morgan fingerprint density at radius 3 is 2.06 bits per heavy atom. The van der Waals surface area contributed by atoms with Crippen LogP contribution in [-0.2, 0) is 32.2 Å². The van der Waals surface area contributed by atoms with Crippen LogP contribution in [0.4, 0.5) is 0 Å². The number of aliphatic hydroxyl groups is 1. The normalized spacial score (nSPS) is 38.2. The predicted octanol–water partition coefficient (Wildman–Crippen LogP) is 3.53. The Kier molecular flexibility index (Phi) is 5.05. The van der Waals surface area contributed by atoms with Gasteiger partial charge in [0.05, 0.1) is 55.6 Å². The molecule has 1 aliphatic heterocycles. The third-order valence-corrected chi connectivity index (χ3v) is 7.98. The van der Waals surface area contributed by atoms with Crippen LogP contribution in [0.15, 0.2) is 60.7 Å².